The van der Waals surface area contributed by atoms with Crippen LogP contribution in [0.25, 0.3) is 10.8 Å². The minimum absolute atomic E-state index is 0.351. The van der Waals surface area contributed by atoms with Gasteiger partial charge in [-0.3, -0.25) is 0 Å². The highest BCUT2D eigenvalue weighted by Gasteiger charge is 2.15. The number of hydrogen-bond donors (Lipinski definition) is 3. The maximum atomic E-state index is 11.7. The predicted molar refractivity (Wildman–Crippen MR) is 150 cm³/mol. The predicted octanol–water partition coefficient (Wildman–Crippen LogP) is 5.21. The summed E-state index contributed by atoms with van der Waals surface area (Å²) in [7, 11) is 0. The fraction of sp³-hybridized carbons (Fsp3) is 0.333. The van der Waals surface area contributed by atoms with Crippen LogP contribution in [0.2, 0.25) is 0 Å². The first kappa shape index (κ1) is 25.5. The topological polar surface area (TPSA) is 79.2 Å². The minimum Gasteiger partial charge on any atom is -0.478 e. The van der Waals surface area contributed by atoms with Crippen molar-refractivity contribution < 1.29 is 9.90 Å². The van der Waals surface area contributed by atoms with E-state index < -0.39 is 5.97 Å². The van der Waals surface area contributed by atoms with Crippen molar-refractivity contribution in [2.45, 2.75) is 36.7 Å². The second kappa shape index (κ2) is 12.4. The van der Waals surface area contributed by atoms with Crippen molar-refractivity contribution in [3.8, 4) is 0 Å². The summed E-state index contributed by atoms with van der Waals surface area (Å²) < 4.78 is 2.22. The number of rotatable bonds is 11. The van der Waals surface area contributed by atoms with Gasteiger partial charge in [0.15, 0.2) is 5.16 Å². The number of carboxylic acids is 1. The molecular formula is C30H34N4O2S. The van der Waals surface area contributed by atoms with E-state index in [4.69, 9.17) is 4.98 Å². The van der Waals surface area contributed by atoms with E-state index in [1.165, 1.54) is 29.2 Å². The van der Waals surface area contributed by atoms with Crippen LogP contribution in [0.5, 0.6) is 0 Å². The molecular weight excluding hydrogens is 480 g/mol. The zero-order valence-corrected chi connectivity index (χ0v) is 21.8. The Bertz CT molecular complexity index is 1340. The molecule has 0 unspecified atom stereocenters. The molecule has 1 fully saturated rings. The monoisotopic (exact) mass is 514 g/mol. The first-order chi connectivity index (χ1) is 18.2. The van der Waals surface area contributed by atoms with E-state index in [0.29, 0.717) is 11.3 Å². The standard InChI is InChI=1S/C30H34N4O2S/c35-29(36)28-11-4-2-7-25(28)21-37-30-33-26(14-17-32-18-22-12-15-31-16-13-22)20-34(30)19-24-9-5-8-23-6-1-3-10-27(23)24/h1-11,20,22,31-32H,12-19,21H2,(H,35,36). The third kappa shape index (κ3) is 6.60. The maximum Gasteiger partial charge on any atom is 0.335 e. The first-order valence-electron chi connectivity index (χ1n) is 13.1. The quantitative estimate of drug-likeness (QED) is 0.188. The highest BCUT2D eigenvalue weighted by atomic mass is 32.2. The molecule has 0 atom stereocenters. The van der Waals surface area contributed by atoms with Gasteiger partial charge in [-0.2, -0.15) is 0 Å². The van der Waals surface area contributed by atoms with Gasteiger partial charge in [0.05, 0.1) is 17.8 Å². The Kier molecular flexibility index (Phi) is 8.56. The van der Waals surface area contributed by atoms with Gasteiger partial charge >= 0.3 is 5.97 Å². The fourth-order valence-corrected chi connectivity index (χ4v) is 6.02. The first-order valence-corrected chi connectivity index (χ1v) is 14.0. The molecule has 5 rings (SSSR count). The Morgan fingerprint density at radius 3 is 2.65 bits per heavy atom. The molecule has 0 bridgehead atoms. The fourth-order valence-electron chi connectivity index (χ4n) is 5.02. The number of imidazole rings is 1. The van der Waals surface area contributed by atoms with E-state index in [1.807, 2.05) is 12.1 Å². The third-order valence-corrected chi connectivity index (χ3v) is 8.10. The molecule has 4 aromatic rings. The number of thioether (sulfide) groups is 1. The highest BCUT2D eigenvalue weighted by molar-refractivity contribution is 7.98. The van der Waals surface area contributed by atoms with Crippen molar-refractivity contribution in [2.24, 2.45) is 5.92 Å². The largest absolute Gasteiger partial charge is 0.478 e. The van der Waals surface area contributed by atoms with E-state index >= 15 is 0 Å². The molecule has 0 radical (unpaired) electrons. The number of hydrogen-bond acceptors (Lipinski definition) is 5. The van der Waals surface area contributed by atoms with E-state index in [9.17, 15) is 9.90 Å². The third-order valence-electron chi connectivity index (χ3n) is 7.06. The summed E-state index contributed by atoms with van der Waals surface area (Å²) in [5.41, 5.74) is 3.47. The van der Waals surface area contributed by atoms with Gasteiger partial charge in [0, 0.05) is 24.9 Å². The van der Waals surface area contributed by atoms with Gasteiger partial charge in [-0.25, -0.2) is 9.78 Å². The van der Waals surface area contributed by atoms with Crippen LogP contribution < -0.4 is 10.6 Å². The van der Waals surface area contributed by atoms with Crippen molar-refractivity contribution in [3.05, 3.63) is 95.3 Å². The van der Waals surface area contributed by atoms with Crippen LogP contribution in [-0.2, 0) is 18.7 Å². The summed E-state index contributed by atoms with van der Waals surface area (Å²) >= 11 is 1.60. The van der Waals surface area contributed by atoms with Crippen molar-refractivity contribution in [3.63, 3.8) is 0 Å². The number of carbonyl (C=O) groups is 1. The zero-order valence-electron chi connectivity index (χ0n) is 21.0. The summed E-state index contributed by atoms with van der Waals surface area (Å²) in [5.74, 6) is 0.420. The molecule has 1 saturated heterocycles. The minimum atomic E-state index is -0.893. The van der Waals surface area contributed by atoms with Crippen molar-refractivity contribution >= 4 is 28.5 Å². The summed E-state index contributed by atoms with van der Waals surface area (Å²) in [4.78, 5) is 16.7. The van der Waals surface area contributed by atoms with Crippen LogP contribution in [0.1, 0.15) is 40.0 Å². The Hall–Kier alpha value is -3.13. The van der Waals surface area contributed by atoms with Crippen LogP contribution in [0.4, 0.5) is 0 Å². The number of aromatic carboxylic acids is 1. The average molecular weight is 515 g/mol. The molecule has 0 spiro atoms. The van der Waals surface area contributed by atoms with E-state index in [0.717, 1.165) is 61.5 Å². The second-order valence-corrected chi connectivity index (χ2v) is 10.6. The molecule has 7 heteroatoms. The number of nitrogens with zero attached hydrogens (tertiary/aromatic N) is 2. The average Bonchev–Trinajstić information content (AvgIpc) is 3.32. The molecule has 2 heterocycles. The molecule has 3 N–H and O–H groups in total. The highest BCUT2D eigenvalue weighted by Crippen LogP contribution is 2.27. The van der Waals surface area contributed by atoms with Gasteiger partial charge in [0.1, 0.15) is 0 Å². The summed E-state index contributed by atoms with van der Waals surface area (Å²) in [6.07, 6.45) is 5.52. The lowest BCUT2D eigenvalue weighted by Crippen LogP contribution is -2.34. The smallest absolute Gasteiger partial charge is 0.335 e. The summed E-state index contributed by atoms with van der Waals surface area (Å²) in [6, 6.07) is 22.1. The van der Waals surface area contributed by atoms with Crippen molar-refractivity contribution in [1.29, 1.82) is 0 Å². The Morgan fingerprint density at radius 1 is 1.03 bits per heavy atom. The van der Waals surface area contributed by atoms with Gasteiger partial charge in [-0.15, -0.1) is 0 Å². The van der Waals surface area contributed by atoms with E-state index in [-0.39, 0.29) is 0 Å². The van der Waals surface area contributed by atoms with Crippen LogP contribution in [0.15, 0.2) is 78.1 Å². The van der Waals surface area contributed by atoms with E-state index in [2.05, 4.69) is 63.9 Å². The number of carboxylic acid groups (broad SMARTS) is 1. The molecule has 0 aliphatic carbocycles. The van der Waals surface area contributed by atoms with Crippen LogP contribution in [0.3, 0.4) is 0 Å². The van der Waals surface area contributed by atoms with E-state index in [1.54, 1.807) is 23.9 Å². The lowest BCUT2D eigenvalue weighted by Gasteiger charge is -2.22. The number of piperidine rings is 1. The van der Waals surface area contributed by atoms with Crippen LogP contribution in [-0.4, -0.2) is 46.8 Å². The molecule has 6 nitrogen and oxygen atoms in total. The molecule has 0 saturated carbocycles. The Labute approximate surface area is 222 Å². The van der Waals surface area contributed by atoms with Gasteiger partial charge in [0.2, 0.25) is 0 Å². The second-order valence-electron chi connectivity index (χ2n) is 9.68. The summed E-state index contributed by atoms with van der Waals surface area (Å²) in [6.45, 7) is 4.93. The molecule has 1 aliphatic heterocycles. The zero-order chi connectivity index (χ0) is 25.5. The van der Waals surface area contributed by atoms with Crippen LogP contribution >= 0.6 is 11.8 Å². The number of benzene rings is 3. The van der Waals surface area contributed by atoms with Crippen molar-refractivity contribution in [1.82, 2.24) is 20.2 Å². The van der Waals surface area contributed by atoms with Crippen molar-refractivity contribution in [2.75, 3.05) is 26.2 Å². The normalized spacial score (nSPS) is 14.3. The molecule has 192 valence electrons. The van der Waals surface area contributed by atoms with Gasteiger partial charge in [-0.1, -0.05) is 72.4 Å². The number of fused-ring (bicyclic) bond motifs is 1. The Morgan fingerprint density at radius 2 is 1.78 bits per heavy atom. The number of aromatic nitrogens is 2. The lowest BCUT2D eigenvalue weighted by molar-refractivity contribution is 0.0696. The molecule has 1 aliphatic rings. The molecule has 3 aromatic carbocycles. The molecule has 37 heavy (non-hydrogen) atoms. The molecule has 1 aromatic heterocycles. The van der Waals surface area contributed by atoms with Crippen LogP contribution in [0, 0.1) is 5.92 Å². The maximum absolute atomic E-state index is 11.7. The van der Waals surface area contributed by atoms with Gasteiger partial charge in [-0.05, 0) is 66.4 Å². The van der Waals surface area contributed by atoms with Gasteiger partial charge in [0.25, 0.3) is 0 Å². The Balaban J connectivity index is 1.32. The lowest BCUT2D eigenvalue weighted by atomic mass is 9.98. The molecule has 0 amide bonds. The SMILES string of the molecule is O=C(O)c1ccccc1CSc1nc(CCNCC2CCNCC2)cn1Cc1cccc2ccccc12. The summed E-state index contributed by atoms with van der Waals surface area (Å²) in [5, 5.41) is 20.0. The van der Waals surface area contributed by atoms with Gasteiger partial charge < -0.3 is 20.3 Å². The number of nitrogens with one attached hydrogen (secondary N) is 2.